The van der Waals surface area contributed by atoms with Crippen molar-refractivity contribution in [2.75, 3.05) is 5.75 Å². The highest BCUT2D eigenvalue weighted by Crippen LogP contribution is 2.11. The molecule has 5 unspecified atom stereocenters. The maximum atomic E-state index is 12.7. The van der Waals surface area contributed by atoms with Crippen LogP contribution < -0.4 is 21.7 Å². The van der Waals surface area contributed by atoms with E-state index in [1.807, 2.05) is 6.92 Å². The van der Waals surface area contributed by atoms with E-state index in [1.165, 1.54) is 0 Å². The SMILES string of the molecule is CCC(C)C(NC(=O)C(CS)NC(=O)C(N)CCC(=O)O)C(=O)NC(C(=O)O)C(C)C. The van der Waals surface area contributed by atoms with Gasteiger partial charge in [0.15, 0.2) is 0 Å². The fraction of sp³-hybridized carbons (Fsp3) is 0.737. The zero-order valence-electron chi connectivity index (χ0n) is 18.3. The fourth-order valence-corrected chi connectivity index (χ4v) is 2.85. The molecule has 0 rings (SSSR count). The average molecular weight is 463 g/mol. The Balaban J connectivity index is 5.26. The van der Waals surface area contributed by atoms with Crippen molar-refractivity contribution in [1.82, 2.24) is 16.0 Å². The van der Waals surface area contributed by atoms with Gasteiger partial charge in [-0.25, -0.2) is 4.79 Å². The van der Waals surface area contributed by atoms with E-state index in [2.05, 4.69) is 28.6 Å². The first-order valence-corrected chi connectivity index (χ1v) is 10.7. The Morgan fingerprint density at radius 2 is 1.45 bits per heavy atom. The number of aliphatic carboxylic acids is 2. The van der Waals surface area contributed by atoms with Crippen molar-refractivity contribution in [2.24, 2.45) is 17.6 Å². The summed E-state index contributed by atoms with van der Waals surface area (Å²) in [5.74, 6) is -5.13. The quantitative estimate of drug-likeness (QED) is 0.166. The number of carbonyl (C=O) groups is 5. The topological polar surface area (TPSA) is 188 Å². The molecule has 31 heavy (non-hydrogen) atoms. The minimum absolute atomic E-state index is 0.0954. The lowest BCUT2D eigenvalue weighted by Crippen LogP contribution is -2.59. The van der Waals surface area contributed by atoms with Crippen LogP contribution >= 0.6 is 12.6 Å². The molecule has 11 nitrogen and oxygen atoms in total. The van der Waals surface area contributed by atoms with E-state index >= 15 is 0 Å². The lowest BCUT2D eigenvalue weighted by molar-refractivity contribution is -0.144. The molecule has 0 aliphatic heterocycles. The van der Waals surface area contributed by atoms with Crippen LogP contribution in [0.1, 0.15) is 47.0 Å². The summed E-state index contributed by atoms with van der Waals surface area (Å²) in [7, 11) is 0. The van der Waals surface area contributed by atoms with Gasteiger partial charge in [0, 0.05) is 12.2 Å². The highest BCUT2D eigenvalue weighted by atomic mass is 32.1. The summed E-state index contributed by atoms with van der Waals surface area (Å²) < 4.78 is 0. The first-order valence-electron chi connectivity index (χ1n) is 10.1. The van der Waals surface area contributed by atoms with Gasteiger partial charge in [-0.3, -0.25) is 19.2 Å². The predicted octanol–water partition coefficient (Wildman–Crippen LogP) is -0.651. The summed E-state index contributed by atoms with van der Waals surface area (Å²) in [6.45, 7) is 6.84. The first-order chi connectivity index (χ1) is 14.3. The summed E-state index contributed by atoms with van der Waals surface area (Å²) in [4.78, 5) is 59.5. The van der Waals surface area contributed by atoms with Crippen LogP contribution in [0.3, 0.4) is 0 Å². The Labute approximate surface area is 187 Å². The molecular weight excluding hydrogens is 428 g/mol. The van der Waals surface area contributed by atoms with Crippen molar-refractivity contribution in [3.8, 4) is 0 Å². The van der Waals surface area contributed by atoms with Crippen molar-refractivity contribution in [3.63, 3.8) is 0 Å². The largest absolute Gasteiger partial charge is 0.481 e. The van der Waals surface area contributed by atoms with E-state index in [1.54, 1.807) is 20.8 Å². The number of rotatable bonds is 14. The minimum Gasteiger partial charge on any atom is -0.481 e. The maximum Gasteiger partial charge on any atom is 0.326 e. The monoisotopic (exact) mass is 462 g/mol. The number of carboxylic acid groups (broad SMARTS) is 2. The highest BCUT2D eigenvalue weighted by Gasteiger charge is 2.33. The van der Waals surface area contributed by atoms with E-state index in [0.717, 1.165) is 0 Å². The van der Waals surface area contributed by atoms with E-state index in [9.17, 15) is 29.1 Å². The molecule has 0 saturated heterocycles. The number of nitrogens with one attached hydrogen (secondary N) is 3. The van der Waals surface area contributed by atoms with Gasteiger partial charge in [0.1, 0.15) is 18.1 Å². The molecule has 0 spiro atoms. The molecule has 0 aliphatic rings. The van der Waals surface area contributed by atoms with Gasteiger partial charge in [0.2, 0.25) is 17.7 Å². The molecule has 12 heteroatoms. The molecule has 3 amide bonds. The smallest absolute Gasteiger partial charge is 0.326 e. The molecular formula is C19H34N4O7S. The lowest BCUT2D eigenvalue weighted by atomic mass is 9.96. The molecule has 0 heterocycles. The second kappa shape index (κ2) is 13.9. The second-order valence-electron chi connectivity index (χ2n) is 7.72. The van der Waals surface area contributed by atoms with Gasteiger partial charge in [-0.2, -0.15) is 12.6 Å². The number of hydrogen-bond donors (Lipinski definition) is 7. The molecule has 0 aromatic carbocycles. The molecule has 5 atom stereocenters. The Morgan fingerprint density at radius 3 is 1.87 bits per heavy atom. The normalized spacial score (nSPS) is 15.8. The summed E-state index contributed by atoms with van der Waals surface area (Å²) in [6.07, 6.45) is 0.116. The van der Waals surface area contributed by atoms with Crippen molar-refractivity contribution in [2.45, 2.75) is 71.1 Å². The van der Waals surface area contributed by atoms with Gasteiger partial charge in [0.25, 0.3) is 0 Å². The first kappa shape index (κ1) is 28.7. The van der Waals surface area contributed by atoms with Crippen LogP contribution in [0.5, 0.6) is 0 Å². The molecule has 0 radical (unpaired) electrons. The molecule has 7 N–H and O–H groups in total. The van der Waals surface area contributed by atoms with E-state index < -0.39 is 53.8 Å². The number of carbonyl (C=O) groups excluding carboxylic acids is 3. The van der Waals surface area contributed by atoms with Gasteiger partial charge < -0.3 is 31.9 Å². The van der Waals surface area contributed by atoms with Gasteiger partial charge >= 0.3 is 11.9 Å². The van der Waals surface area contributed by atoms with Gasteiger partial charge in [-0.1, -0.05) is 34.1 Å². The highest BCUT2D eigenvalue weighted by molar-refractivity contribution is 7.80. The van der Waals surface area contributed by atoms with Crippen molar-refractivity contribution < 1.29 is 34.2 Å². The Hall–Kier alpha value is -2.34. The number of thiol groups is 1. The Morgan fingerprint density at radius 1 is 0.903 bits per heavy atom. The maximum absolute atomic E-state index is 12.7. The van der Waals surface area contributed by atoms with Crippen LogP contribution in [0.2, 0.25) is 0 Å². The van der Waals surface area contributed by atoms with E-state index in [4.69, 9.17) is 10.8 Å². The number of hydrogen-bond acceptors (Lipinski definition) is 7. The van der Waals surface area contributed by atoms with Gasteiger partial charge in [0.05, 0.1) is 6.04 Å². The summed E-state index contributed by atoms with van der Waals surface area (Å²) in [5.41, 5.74) is 5.65. The number of nitrogens with two attached hydrogens (primary N) is 1. The van der Waals surface area contributed by atoms with Crippen LogP contribution in [0, 0.1) is 11.8 Å². The standard InChI is InChI=1S/C19H34N4O7S/c1-5-10(4)15(18(28)22-14(9(2)3)19(29)30)23-17(27)12(8-31)21-16(26)11(20)6-7-13(24)25/h9-12,14-15,31H,5-8,20H2,1-4H3,(H,21,26)(H,22,28)(H,23,27)(H,24,25)(H,29,30). The molecule has 178 valence electrons. The van der Waals surface area contributed by atoms with Crippen LogP contribution in [0.25, 0.3) is 0 Å². The predicted molar refractivity (Wildman–Crippen MR) is 116 cm³/mol. The molecule has 0 saturated carbocycles. The van der Waals surface area contributed by atoms with Crippen LogP contribution in [0.4, 0.5) is 0 Å². The fourth-order valence-electron chi connectivity index (χ4n) is 2.60. The van der Waals surface area contributed by atoms with Gasteiger partial charge in [-0.05, 0) is 18.3 Å². The summed E-state index contributed by atoms with van der Waals surface area (Å²) in [5, 5.41) is 25.4. The average Bonchev–Trinajstić information content (AvgIpc) is 2.70. The zero-order chi connectivity index (χ0) is 24.3. The van der Waals surface area contributed by atoms with Crippen LogP contribution in [-0.2, 0) is 24.0 Å². The molecule has 0 aromatic rings. The summed E-state index contributed by atoms with van der Waals surface area (Å²) >= 11 is 4.05. The molecule has 0 aliphatic carbocycles. The second-order valence-corrected chi connectivity index (χ2v) is 8.09. The molecule has 0 bridgehead atoms. The molecule has 0 aromatic heterocycles. The van der Waals surface area contributed by atoms with Crippen LogP contribution in [0.15, 0.2) is 0 Å². The Bertz CT molecular complexity index is 659. The third-order valence-electron chi connectivity index (χ3n) is 4.85. The number of amides is 3. The van der Waals surface area contributed by atoms with E-state index in [0.29, 0.717) is 6.42 Å². The van der Waals surface area contributed by atoms with E-state index in [-0.39, 0.29) is 30.4 Å². The van der Waals surface area contributed by atoms with Crippen molar-refractivity contribution in [1.29, 1.82) is 0 Å². The van der Waals surface area contributed by atoms with Crippen molar-refractivity contribution in [3.05, 3.63) is 0 Å². The lowest BCUT2D eigenvalue weighted by Gasteiger charge is -2.28. The third-order valence-corrected chi connectivity index (χ3v) is 5.21. The molecule has 0 fully saturated rings. The number of carboxylic acids is 2. The Kier molecular flexibility index (Phi) is 12.8. The third kappa shape index (κ3) is 10.0. The van der Waals surface area contributed by atoms with Crippen molar-refractivity contribution >= 4 is 42.3 Å². The van der Waals surface area contributed by atoms with Gasteiger partial charge in [-0.15, -0.1) is 0 Å². The zero-order valence-corrected chi connectivity index (χ0v) is 19.1. The van der Waals surface area contributed by atoms with Crippen LogP contribution in [-0.4, -0.2) is 69.8 Å². The minimum atomic E-state index is -1.19. The summed E-state index contributed by atoms with van der Waals surface area (Å²) in [6, 6.07) is -4.39.